The highest BCUT2D eigenvalue weighted by Gasteiger charge is 2.62. The van der Waals surface area contributed by atoms with Gasteiger partial charge < -0.3 is 14.7 Å². The van der Waals surface area contributed by atoms with Crippen LogP contribution in [0, 0.1) is 18.3 Å². The number of fused-ring (bicyclic) bond motifs is 1. The number of carboxylic acid groups (broad SMARTS) is 1. The second-order valence-electron chi connectivity index (χ2n) is 6.45. The molecule has 21 heavy (non-hydrogen) atoms. The van der Waals surface area contributed by atoms with Crippen molar-refractivity contribution in [1.82, 2.24) is 4.90 Å². The van der Waals surface area contributed by atoms with Crippen molar-refractivity contribution in [2.24, 2.45) is 11.3 Å². The molecule has 1 aromatic rings. The maximum Gasteiger partial charge on any atom is 0.311 e. The molecule has 1 N–H and O–H groups in total. The van der Waals surface area contributed by atoms with Gasteiger partial charge in [-0.3, -0.25) is 4.79 Å². The molecule has 4 heteroatoms. The summed E-state index contributed by atoms with van der Waals surface area (Å²) < 4.78 is 5.74. The first-order valence-corrected chi connectivity index (χ1v) is 7.75. The lowest BCUT2D eigenvalue weighted by Gasteiger charge is -2.30. The molecule has 1 heterocycles. The Balaban J connectivity index is 1.41. The maximum atomic E-state index is 11.4. The van der Waals surface area contributed by atoms with Crippen molar-refractivity contribution in [1.29, 1.82) is 0 Å². The smallest absolute Gasteiger partial charge is 0.311 e. The molecular weight excluding hydrogens is 266 g/mol. The molecule has 3 rings (SSSR count). The molecule has 0 bridgehead atoms. The summed E-state index contributed by atoms with van der Waals surface area (Å²) in [6.45, 7) is 5.41. The van der Waals surface area contributed by atoms with Gasteiger partial charge in [0.15, 0.2) is 0 Å². The van der Waals surface area contributed by atoms with Crippen molar-refractivity contribution >= 4 is 5.97 Å². The van der Waals surface area contributed by atoms with Crippen LogP contribution in [0.25, 0.3) is 0 Å². The number of ether oxygens (including phenoxy) is 1. The topological polar surface area (TPSA) is 49.8 Å². The first-order chi connectivity index (χ1) is 10.1. The minimum atomic E-state index is -0.604. The number of carbonyl (C=O) groups is 1. The van der Waals surface area contributed by atoms with Gasteiger partial charge in [-0.2, -0.15) is 0 Å². The molecular formula is C17H23NO3. The van der Waals surface area contributed by atoms with E-state index in [1.54, 1.807) is 0 Å². The molecule has 0 spiro atoms. The van der Waals surface area contributed by atoms with Crippen LogP contribution in [0.2, 0.25) is 0 Å². The minimum Gasteiger partial charge on any atom is -0.494 e. The van der Waals surface area contributed by atoms with E-state index in [1.807, 2.05) is 18.2 Å². The highest BCUT2D eigenvalue weighted by molar-refractivity contribution is 5.79. The molecule has 4 nitrogen and oxygen atoms in total. The van der Waals surface area contributed by atoms with Crippen LogP contribution < -0.4 is 4.74 Å². The van der Waals surface area contributed by atoms with Crippen molar-refractivity contribution in [3.63, 3.8) is 0 Å². The Labute approximate surface area is 125 Å². The van der Waals surface area contributed by atoms with Crippen molar-refractivity contribution in [2.75, 3.05) is 26.2 Å². The number of benzene rings is 1. The van der Waals surface area contributed by atoms with E-state index in [0.717, 1.165) is 44.6 Å². The quantitative estimate of drug-likeness (QED) is 0.818. The Hall–Kier alpha value is -1.55. The number of aliphatic carboxylic acids is 1. The number of nitrogens with zero attached hydrogens (tertiary/aromatic N) is 1. The van der Waals surface area contributed by atoms with Crippen LogP contribution >= 0.6 is 0 Å². The van der Waals surface area contributed by atoms with E-state index in [-0.39, 0.29) is 0 Å². The largest absolute Gasteiger partial charge is 0.494 e. The van der Waals surface area contributed by atoms with Gasteiger partial charge in [-0.05, 0) is 56.3 Å². The first kappa shape index (κ1) is 14.4. The Morgan fingerprint density at radius 3 is 3.14 bits per heavy atom. The van der Waals surface area contributed by atoms with Gasteiger partial charge >= 0.3 is 5.97 Å². The van der Waals surface area contributed by atoms with E-state index in [1.165, 1.54) is 5.56 Å². The predicted octanol–water partition coefficient (Wildman–Crippen LogP) is 2.56. The number of hydrogen-bond acceptors (Lipinski definition) is 3. The van der Waals surface area contributed by atoms with Crippen LogP contribution in [0.5, 0.6) is 5.75 Å². The molecule has 1 aromatic carbocycles. The van der Waals surface area contributed by atoms with Crippen LogP contribution in [0.4, 0.5) is 0 Å². The Kier molecular flexibility index (Phi) is 3.89. The van der Waals surface area contributed by atoms with Crippen LogP contribution in [-0.4, -0.2) is 42.2 Å². The molecule has 2 fully saturated rings. The normalized spacial score (nSPS) is 28.0. The molecule has 1 aliphatic heterocycles. The zero-order chi connectivity index (χ0) is 14.9. The molecule has 1 saturated heterocycles. The Morgan fingerprint density at radius 2 is 2.38 bits per heavy atom. The molecule has 114 valence electrons. The minimum absolute atomic E-state index is 0.421. The van der Waals surface area contributed by atoms with Crippen molar-refractivity contribution in [2.45, 2.75) is 26.2 Å². The van der Waals surface area contributed by atoms with Crippen LogP contribution in [-0.2, 0) is 4.79 Å². The summed E-state index contributed by atoms with van der Waals surface area (Å²) in [6.07, 6.45) is 2.85. The number of aryl methyl sites for hydroxylation is 1. The van der Waals surface area contributed by atoms with Gasteiger partial charge in [0.1, 0.15) is 5.75 Å². The molecule has 1 aliphatic carbocycles. The van der Waals surface area contributed by atoms with Gasteiger partial charge in [0.05, 0.1) is 12.0 Å². The number of carboxylic acids is 1. The van der Waals surface area contributed by atoms with Crippen molar-refractivity contribution in [3.05, 3.63) is 29.8 Å². The summed E-state index contributed by atoms with van der Waals surface area (Å²) in [4.78, 5) is 13.6. The van der Waals surface area contributed by atoms with E-state index >= 15 is 0 Å². The van der Waals surface area contributed by atoms with Crippen LogP contribution in [0.15, 0.2) is 24.3 Å². The highest BCUT2D eigenvalue weighted by atomic mass is 16.5. The van der Waals surface area contributed by atoms with E-state index in [4.69, 9.17) is 4.74 Å². The SMILES string of the molecule is Cc1cccc(OCCCN2CCC3CC3(C(=O)O)C2)c1. The fraction of sp³-hybridized carbons (Fsp3) is 0.588. The number of piperidine rings is 1. The molecule has 2 aliphatic rings. The summed E-state index contributed by atoms with van der Waals surface area (Å²) in [5.74, 6) is 0.737. The van der Waals surface area contributed by atoms with Crippen molar-refractivity contribution < 1.29 is 14.6 Å². The summed E-state index contributed by atoms with van der Waals surface area (Å²) in [5.41, 5.74) is 0.780. The highest BCUT2D eigenvalue weighted by Crippen LogP contribution is 2.57. The van der Waals surface area contributed by atoms with E-state index < -0.39 is 11.4 Å². The predicted molar refractivity (Wildman–Crippen MR) is 80.5 cm³/mol. The molecule has 0 amide bonds. The third-order valence-corrected chi connectivity index (χ3v) is 4.83. The summed E-state index contributed by atoms with van der Waals surface area (Å²) in [6, 6.07) is 8.06. The van der Waals surface area contributed by atoms with Gasteiger partial charge in [0.25, 0.3) is 0 Å². The molecule has 2 atom stereocenters. The van der Waals surface area contributed by atoms with Gasteiger partial charge in [-0.1, -0.05) is 12.1 Å². The zero-order valence-corrected chi connectivity index (χ0v) is 12.5. The third-order valence-electron chi connectivity index (χ3n) is 4.83. The first-order valence-electron chi connectivity index (χ1n) is 7.75. The summed E-state index contributed by atoms with van der Waals surface area (Å²) >= 11 is 0. The van der Waals surface area contributed by atoms with E-state index in [0.29, 0.717) is 12.5 Å². The lowest BCUT2D eigenvalue weighted by Crippen LogP contribution is -2.41. The lowest BCUT2D eigenvalue weighted by atomic mass is 9.97. The zero-order valence-electron chi connectivity index (χ0n) is 12.5. The summed E-state index contributed by atoms with van der Waals surface area (Å²) in [5, 5.41) is 9.35. The maximum absolute atomic E-state index is 11.4. The second-order valence-corrected chi connectivity index (χ2v) is 6.45. The average molecular weight is 289 g/mol. The number of rotatable bonds is 6. The molecule has 2 unspecified atom stereocenters. The Bertz CT molecular complexity index is 531. The standard InChI is InChI=1S/C17H23NO3/c1-13-4-2-5-15(10-13)21-9-3-7-18-8-6-14-11-17(14,12-18)16(19)20/h2,4-5,10,14H,3,6-9,11-12H2,1H3,(H,19,20). The van der Waals surface area contributed by atoms with Gasteiger partial charge in [-0.15, -0.1) is 0 Å². The molecule has 1 saturated carbocycles. The molecule has 0 radical (unpaired) electrons. The number of likely N-dealkylation sites (tertiary alicyclic amines) is 1. The second kappa shape index (κ2) is 5.68. The third kappa shape index (κ3) is 3.05. The number of hydrogen-bond donors (Lipinski definition) is 1. The lowest BCUT2D eigenvalue weighted by molar-refractivity contribution is -0.145. The average Bonchev–Trinajstić information content (AvgIpc) is 3.19. The van der Waals surface area contributed by atoms with E-state index in [2.05, 4.69) is 17.9 Å². The van der Waals surface area contributed by atoms with Gasteiger partial charge in [-0.25, -0.2) is 0 Å². The van der Waals surface area contributed by atoms with Gasteiger partial charge in [0, 0.05) is 13.1 Å². The van der Waals surface area contributed by atoms with E-state index in [9.17, 15) is 9.90 Å². The van der Waals surface area contributed by atoms with Crippen molar-refractivity contribution in [3.8, 4) is 5.75 Å². The molecule has 0 aromatic heterocycles. The van der Waals surface area contributed by atoms with Crippen LogP contribution in [0.3, 0.4) is 0 Å². The Morgan fingerprint density at radius 1 is 1.52 bits per heavy atom. The fourth-order valence-corrected chi connectivity index (χ4v) is 3.47. The monoisotopic (exact) mass is 289 g/mol. The summed E-state index contributed by atoms with van der Waals surface area (Å²) in [7, 11) is 0. The van der Waals surface area contributed by atoms with Gasteiger partial charge in [0.2, 0.25) is 0 Å². The van der Waals surface area contributed by atoms with Crippen LogP contribution in [0.1, 0.15) is 24.8 Å². The fourth-order valence-electron chi connectivity index (χ4n) is 3.47.